The number of phenols is 1. The third kappa shape index (κ3) is 4.21. The molecular weight excluding hydrogens is 320 g/mol. The van der Waals surface area contributed by atoms with Gasteiger partial charge in [0.2, 0.25) is 5.91 Å². The van der Waals surface area contributed by atoms with Gasteiger partial charge in [0.05, 0.1) is 5.69 Å². The van der Waals surface area contributed by atoms with Crippen LogP contribution >= 0.6 is 15.9 Å². The van der Waals surface area contributed by atoms with Crippen LogP contribution in [0.4, 0.5) is 5.69 Å². The maximum atomic E-state index is 12.1. The van der Waals surface area contributed by atoms with E-state index in [1.54, 1.807) is 18.2 Å². The molecule has 1 saturated heterocycles. The maximum absolute atomic E-state index is 12.1. The van der Waals surface area contributed by atoms with Crippen LogP contribution in [-0.2, 0) is 4.79 Å². The molecule has 5 heteroatoms. The van der Waals surface area contributed by atoms with Crippen LogP contribution in [-0.4, -0.2) is 24.1 Å². The van der Waals surface area contributed by atoms with Gasteiger partial charge in [-0.3, -0.25) is 4.79 Å². The van der Waals surface area contributed by atoms with Gasteiger partial charge in [-0.2, -0.15) is 0 Å². The van der Waals surface area contributed by atoms with Crippen LogP contribution in [0, 0.1) is 11.8 Å². The first kappa shape index (κ1) is 15.3. The van der Waals surface area contributed by atoms with E-state index in [0.29, 0.717) is 23.9 Å². The molecule has 1 amide bonds. The lowest BCUT2D eigenvalue weighted by Gasteiger charge is -2.28. The quantitative estimate of drug-likeness (QED) is 0.738. The number of amides is 1. The van der Waals surface area contributed by atoms with Gasteiger partial charge in [0.15, 0.2) is 0 Å². The number of carbonyl (C=O) groups is 1. The molecule has 0 spiro atoms. The normalized spacial score (nSPS) is 20.4. The molecule has 1 aromatic rings. The number of piperidine rings is 1. The van der Waals surface area contributed by atoms with Gasteiger partial charge in [-0.05, 0) is 56.0 Å². The fraction of sp³-hybridized carbons (Fsp3) is 0.533. The lowest BCUT2D eigenvalue weighted by atomic mass is 9.85. The lowest BCUT2D eigenvalue weighted by Crippen LogP contribution is -2.34. The highest BCUT2D eigenvalue weighted by atomic mass is 79.9. The Hall–Kier alpha value is -1.07. The highest BCUT2D eigenvalue weighted by Gasteiger charge is 2.22. The van der Waals surface area contributed by atoms with Crippen LogP contribution < -0.4 is 10.6 Å². The maximum Gasteiger partial charge on any atom is 0.224 e. The molecule has 1 aliphatic heterocycles. The smallest absolute Gasteiger partial charge is 0.224 e. The van der Waals surface area contributed by atoms with Crippen LogP contribution in [0.15, 0.2) is 22.7 Å². The molecule has 3 N–H and O–H groups in total. The van der Waals surface area contributed by atoms with E-state index in [1.807, 2.05) is 0 Å². The average molecular weight is 341 g/mol. The molecule has 0 aromatic heterocycles. The van der Waals surface area contributed by atoms with Crippen LogP contribution in [0.2, 0.25) is 0 Å². The molecule has 2 unspecified atom stereocenters. The summed E-state index contributed by atoms with van der Waals surface area (Å²) in [6.07, 6.45) is 2.85. The Morgan fingerprint density at radius 1 is 1.60 bits per heavy atom. The average Bonchev–Trinajstić information content (AvgIpc) is 2.43. The molecule has 1 heterocycles. The van der Waals surface area contributed by atoms with E-state index >= 15 is 0 Å². The van der Waals surface area contributed by atoms with Gasteiger partial charge in [0.1, 0.15) is 5.75 Å². The van der Waals surface area contributed by atoms with Gasteiger partial charge in [-0.25, -0.2) is 0 Å². The van der Waals surface area contributed by atoms with Crippen molar-refractivity contribution < 1.29 is 9.90 Å². The summed E-state index contributed by atoms with van der Waals surface area (Å²) < 4.78 is 0.829. The summed E-state index contributed by atoms with van der Waals surface area (Å²) in [6.45, 7) is 4.20. The lowest BCUT2D eigenvalue weighted by molar-refractivity contribution is -0.117. The number of rotatable bonds is 4. The van der Waals surface area contributed by atoms with Crippen molar-refractivity contribution in [3.8, 4) is 5.75 Å². The molecule has 1 fully saturated rings. The Morgan fingerprint density at radius 3 is 3.10 bits per heavy atom. The van der Waals surface area contributed by atoms with Crippen LogP contribution in [0.3, 0.4) is 0 Å². The number of anilines is 1. The minimum atomic E-state index is -0.0449. The first-order chi connectivity index (χ1) is 9.56. The molecule has 110 valence electrons. The fourth-order valence-electron chi connectivity index (χ4n) is 2.63. The van der Waals surface area contributed by atoms with Gasteiger partial charge in [0.25, 0.3) is 0 Å². The van der Waals surface area contributed by atoms with E-state index in [2.05, 4.69) is 33.5 Å². The standard InChI is InChI=1S/C15H21BrN2O2/c1-10(11-3-2-6-17-9-11)7-15(20)18-13-8-12(16)4-5-14(13)19/h4-5,8,10-11,17,19H,2-3,6-7,9H2,1H3,(H,18,20). The van der Waals surface area contributed by atoms with E-state index < -0.39 is 0 Å². The highest BCUT2D eigenvalue weighted by molar-refractivity contribution is 9.10. The molecule has 0 radical (unpaired) electrons. The van der Waals surface area contributed by atoms with Crippen LogP contribution in [0.1, 0.15) is 26.2 Å². The summed E-state index contributed by atoms with van der Waals surface area (Å²) in [4.78, 5) is 12.1. The summed E-state index contributed by atoms with van der Waals surface area (Å²) in [7, 11) is 0. The van der Waals surface area contributed by atoms with Crippen molar-refractivity contribution in [3.05, 3.63) is 22.7 Å². The number of aromatic hydroxyl groups is 1. The van der Waals surface area contributed by atoms with Gasteiger partial charge in [-0.1, -0.05) is 22.9 Å². The molecule has 2 rings (SSSR count). The third-order valence-electron chi connectivity index (χ3n) is 3.88. The van der Waals surface area contributed by atoms with E-state index in [4.69, 9.17) is 0 Å². The fourth-order valence-corrected chi connectivity index (χ4v) is 2.99. The van der Waals surface area contributed by atoms with Crippen molar-refractivity contribution >= 4 is 27.5 Å². The van der Waals surface area contributed by atoms with Crippen molar-refractivity contribution in [1.29, 1.82) is 0 Å². The minimum absolute atomic E-state index is 0.0449. The van der Waals surface area contributed by atoms with Crippen molar-refractivity contribution in [1.82, 2.24) is 5.32 Å². The summed E-state index contributed by atoms with van der Waals surface area (Å²) in [5, 5.41) is 15.9. The number of phenolic OH excluding ortho intramolecular Hbond substituents is 1. The van der Waals surface area contributed by atoms with E-state index in [1.165, 1.54) is 12.8 Å². The minimum Gasteiger partial charge on any atom is -0.506 e. The summed E-state index contributed by atoms with van der Waals surface area (Å²) in [5.74, 6) is 0.952. The molecule has 2 atom stereocenters. The summed E-state index contributed by atoms with van der Waals surface area (Å²) in [6, 6.07) is 5.01. The SMILES string of the molecule is CC(CC(=O)Nc1cc(Br)ccc1O)C1CCCNC1. The molecular formula is C15H21BrN2O2. The third-order valence-corrected chi connectivity index (χ3v) is 4.37. The number of carbonyl (C=O) groups excluding carboxylic acids is 1. The molecule has 0 bridgehead atoms. The molecule has 20 heavy (non-hydrogen) atoms. The van der Waals surface area contributed by atoms with Crippen molar-refractivity contribution in [3.63, 3.8) is 0 Å². The zero-order chi connectivity index (χ0) is 14.5. The molecule has 4 nitrogen and oxygen atoms in total. The van der Waals surface area contributed by atoms with Crippen LogP contribution in [0.25, 0.3) is 0 Å². The first-order valence-electron chi connectivity index (χ1n) is 7.05. The summed E-state index contributed by atoms with van der Waals surface area (Å²) in [5.41, 5.74) is 0.457. The van der Waals surface area contributed by atoms with Crippen LogP contribution in [0.5, 0.6) is 5.75 Å². The van der Waals surface area contributed by atoms with Gasteiger partial charge < -0.3 is 15.7 Å². The zero-order valence-electron chi connectivity index (χ0n) is 11.7. The topological polar surface area (TPSA) is 61.4 Å². The highest BCUT2D eigenvalue weighted by Crippen LogP contribution is 2.28. The number of hydrogen-bond acceptors (Lipinski definition) is 3. The van der Waals surface area contributed by atoms with E-state index in [-0.39, 0.29) is 11.7 Å². The first-order valence-corrected chi connectivity index (χ1v) is 7.84. The van der Waals surface area contributed by atoms with E-state index in [9.17, 15) is 9.90 Å². The molecule has 1 aromatic carbocycles. The predicted octanol–water partition coefficient (Wildman–Crippen LogP) is 3.12. The Morgan fingerprint density at radius 2 is 2.40 bits per heavy atom. The largest absolute Gasteiger partial charge is 0.506 e. The second-order valence-electron chi connectivity index (χ2n) is 5.50. The van der Waals surface area contributed by atoms with Gasteiger partial charge in [-0.15, -0.1) is 0 Å². The number of nitrogens with one attached hydrogen (secondary N) is 2. The predicted molar refractivity (Wildman–Crippen MR) is 83.8 cm³/mol. The monoisotopic (exact) mass is 340 g/mol. The number of halogens is 1. The molecule has 0 saturated carbocycles. The molecule has 1 aliphatic rings. The van der Waals surface area contributed by atoms with E-state index in [0.717, 1.165) is 17.6 Å². The second-order valence-corrected chi connectivity index (χ2v) is 6.41. The van der Waals surface area contributed by atoms with Crippen molar-refractivity contribution in [2.45, 2.75) is 26.2 Å². The number of benzene rings is 1. The Labute approximate surface area is 128 Å². The van der Waals surface area contributed by atoms with Gasteiger partial charge in [0, 0.05) is 10.9 Å². The zero-order valence-corrected chi connectivity index (χ0v) is 13.2. The summed E-state index contributed by atoms with van der Waals surface area (Å²) >= 11 is 3.33. The second kappa shape index (κ2) is 7.09. The Balaban J connectivity index is 1.89. The Kier molecular flexibility index (Phi) is 5.43. The number of hydrogen-bond donors (Lipinski definition) is 3. The van der Waals surface area contributed by atoms with Crippen molar-refractivity contribution in [2.24, 2.45) is 11.8 Å². The molecule has 0 aliphatic carbocycles. The Bertz CT molecular complexity index is 473. The van der Waals surface area contributed by atoms with Gasteiger partial charge >= 0.3 is 0 Å². The van der Waals surface area contributed by atoms with Crippen molar-refractivity contribution in [2.75, 3.05) is 18.4 Å².